The number of H-pyrrole nitrogens is 3. The maximum absolute atomic E-state index is 13.5. The highest BCUT2D eigenvalue weighted by Gasteiger charge is 2.33. The van der Waals surface area contributed by atoms with E-state index in [4.69, 9.17) is 38.2 Å². The minimum atomic E-state index is -0.279. The van der Waals surface area contributed by atoms with Crippen LogP contribution < -0.4 is 30.7 Å². The molecular formula is C71H91Cl2FN18. The van der Waals surface area contributed by atoms with Crippen LogP contribution in [0.4, 0.5) is 21.5 Å². The minimum Gasteiger partial charge on any atom is -0.367 e. The third kappa shape index (κ3) is 14.3. The number of hydrogen-bond acceptors (Lipinski definition) is 15. The van der Waals surface area contributed by atoms with Crippen molar-refractivity contribution in [1.82, 2.24) is 75.5 Å². The van der Waals surface area contributed by atoms with Gasteiger partial charge in [-0.1, -0.05) is 55.2 Å². The fourth-order valence-electron chi connectivity index (χ4n) is 14.8. The summed E-state index contributed by atoms with van der Waals surface area (Å²) in [6.07, 6.45) is 14.5. The lowest BCUT2D eigenvalue weighted by atomic mass is 9.94. The van der Waals surface area contributed by atoms with Gasteiger partial charge in [0.15, 0.2) is 0 Å². The lowest BCUT2D eigenvalue weighted by Crippen LogP contribution is -2.48. The van der Waals surface area contributed by atoms with Gasteiger partial charge >= 0.3 is 0 Å². The SMILES string of the molecule is CC(C)N1CCN(c2cccc3[nH]c(C4CCCC(c5ncccc5Cl)N4)nc23)CC1.CCN1CCN(c2cccc3[nH]c(C4CCCC(c5ncc(F)cc5C)N4)nc23)CC1.CCN1CCN(c2cccc3[nH]c(C4CCCC(c5ncccc5Cl)N4)nc23)CC1. The normalized spacial score (nSPS) is 23.0. The Bertz CT molecular complexity index is 3900. The van der Waals surface area contributed by atoms with Gasteiger partial charge in [-0.3, -0.25) is 35.8 Å². The monoisotopic (exact) mass is 1280 g/mol. The second-order valence-corrected chi connectivity index (χ2v) is 26.9. The zero-order valence-corrected chi connectivity index (χ0v) is 55.6. The van der Waals surface area contributed by atoms with Crippen LogP contribution in [-0.4, -0.2) is 157 Å². The van der Waals surface area contributed by atoms with Crippen molar-refractivity contribution in [1.29, 1.82) is 0 Å². The number of halogens is 3. The smallest absolute Gasteiger partial charge is 0.141 e. The number of likely N-dealkylation sites (N-methyl/N-ethyl adjacent to an activating group) is 2. The van der Waals surface area contributed by atoms with Crippen LogP contribution in [0.3, 0.4) is 0 Å². The first kappa shape index (κ1) is 63.9. The number of nitrogens with one attached hydrogen (secondary N) is 6. The van der Waals surface area contributed by atoms with Gasteiger partial charge in [0.05, 0.1) is 103 Å². The summed E-state index contributed by atoms with van der Waals surface area (Å²) in [7, 11) is 0. The zero-order valence-electron chi connectivity index (χ0n) is 54.1. The van der Waals surface area contributed by atoms with E-state index >= 15 is 0 Å². The van der Waals surface area contributed by atoms with Gasteiger partial charge < -0.3 is 39.5 Å². The van der Waals surface area contributed by atoms with Crippen molar-refractivity contribution in [3.63, 3.8) is 0 Å². The molecule has 6 aliphatic rings. The molecule has 9 aromatic rings. The van der Waals surface area contributed by atoms with Gasteiger partial charge in [-0.2, -0.15) is 0 Å². The number of para-hydroxylation sites is 3. The molecule has 0 spiro atoms. The van der Waals surface area contributed by atoms with E-state index in [-0.39, 0.29) is 42.1 Å². The third-order valence-corrected chi connectivity index (χ3v) is 20.7. The van der Waals surface area contributed by atoms with E-state index in [0.717, 1.165) is 233 Å². The van der Waals surface area contributed by atoms with E-state index in [2.05, 4.69) is 158 Å². The van der Waals surface area contributed by atoms with Crippen LogP contribution in [0.5, 0.6) is 0 Å². The molecular weight excluding hydrogens is 1190 g/mol. The Morgan fingerprint density at radius 2 is 0.837 bits per heavy atom. The van der Waals surface area contributed by atoms with E-state index < -0.39 is 0 Å². The van der Waals surface area contributed by atoms with Gasteiger partial charge in [0, 0.05) is 97.0 Å². The molecule has 6 fully saturated rings. The highest BCUT2D eigenvalue weighted by molar-refractivity contribution is 6.31. The molecule has 3 aromatic carbocycles. The molecule has 486 valence electrons. The van der Waals surface area contributed by atoms with Crippen LogP contribution in [-0.2, 0) is 0 Å². The number of aryl methyl sites for hydroxylation is 1. The van der Waals surface area contributed by atoms with Gasteiger partial charge in [0.2, 0.25) is 0 Å². The van der Waals surface area contributed by atoms with Crippen molar-refractivity contribution in [2.24, 2.45) is 0 Å². The summed E-state index contributed by atoms with van der Waals surface area (Å²) in [6.45, 7) is 26.1. The number of hydrogen-bond donors (Lipinski definition) is 6. The fraction of sp³-hybridized carbons (Fsp3) is 0.493. The van der Waals surface area contributed by atoms with E-state index in [1.165, 1.54) is 23.3 Å². The van der Waals surface area contributed by atoms with Crippen molar-refractivity contribution in [3.05, 3.63) is 160 Å². The average molecular weight is 1290 g/mol. The number of piperazine rings is 3. The van der Waals surface area contributed by atoms with E-state index in [0.29, 0.717) is 6.04 Å². The fourth-order valence-corrected chi connectivity index (χ4v) is 15.3. The number of pyridine rings is 3. The van der Waals surface area contributed by atoms with Gasteiger partial charge in [-0.25, -0.2) is 19.3 Å². The van der Waals surface area contributed by atoms with E-state index in [9.17, 15) is 4.39 Å². The Labute approximate surface area is 550 Å². The van der Waals surface area contributed by atoms with Gasteiger partial charge in [-0.05, 0) is 164 Å². The van der Waals surface area contributed by atoms with E-state index in [1.807, 2.05) is 43.6 Å². The van der Waals surface area contributed by atoms with E-state index in [1.54, 1.807) is 6.07 Å². The molecule has 0 amide bonds. The Kier molecular flexibility index (Phi) is 20.3. The van der Waals surface area contributed by atoms with Crippen molar-refractivity contribution >= 4 is 73.4 Å². The van der Waals surface area contributed by atoms with Crippen molar-refractivity contribution in [2.75, 3.05) is 106 Å². The second kappa shape index (κ2) is 29.2. The number of aromatic amines is 3. The number of benzene rings is 3. The first-order valence-electron chi connectivity index (χ1n) is 34.0. The number of rotatable bonds is 12. The lowest BCUT2D eigenvalue weighted by Gasteiger charge is -2.38. The Hall–Kier alpha value is -6.81. The van der Waals surface area contributed by atoms with Crippen LogP contribution in [0.25, 0.3) is 33.1 Å². The molecule has 0 bridgehead atoms. The molecule has 6 saturated heterocycles. The molecule has 0 radical (unpaired) electrons. The quantitative estimate of drug-likeness (QED) is 0.0680. The zero-order chi connectivity index (χ0) is 63.2. The van der Waals surface area contributed by atoms with Gasteiger partial charge in [0.25, 0.3) is 0 Å². The first-order valence-corrected chi connectivity index (χ1v) is 34.7. The number of anilines is 3. The number of piperidine rings is 3. The predicted octanol–water partition coefficient (Wildman–Crippen LogP) is 13.1. The molecule has 6 aliphatic heterocycles. The molecule has 6 unspecified atom stereocenters. The van der Waals surface area contributed by atoms with Crippen LogP contribution in [0.1, 0.15) is 162 Å². The van der Waals surface area contributed by atoms with Crippen LogP contribution >= 0.6 is 23.2 Å². The largest absolute Gasteiger partial charge is 0.367 e. The van der Waals surface area contributed by atoms with Crippen LogP contribution in [0, 0.1) is 12.7 Å². The van der Waals surface area contributed by atoms with Gasteiger partial charge in [-0.15, -0.1) is 0 Å². The maximum Gasteiger partial charge on any atom is 0.141 e. The Morgan fingerprint density at radius 1 is 0.467 bits per heavy atom. The number of fused-ring (bicyclic) bond motifs is 3. The standard InChI is InChI=1S/C24H31ClN6.C24H31FN6.C23H29ClN6/c1-16(2)30-12-14-31(15-13-30)21-10-4-8-19-23(21)29-24(28-19)20-9-3-7-18(27-20)22-17(25)6-5-11-26-22;1-3-30-10-12-31(13-11-30)21-9-5-7-19-23(21)29-24(28-19)20-8-4-6-18(27-20)22-16(2)14-17(25)15-26-22;1-2-29-12-14-30(15-13-29)20-10-4-8-18-22(20)28-23(27-18)19-9-3-7-17(26-19)21-16(24)6-5-11-25-21/h4-6,8,10-11,16,18,20,27H,3,7,9,12-15H2,1-2H3,(H,28,29);5,7,9,14-15,18,20,27H,3-4,6,8,10-13H2,1-2H3,(H,28,29);4-6,8,10-11,17,19,26H,2-3,7,9,12-15H2,1H3,(H,27,28). The van der Waals surface area contributed by atoms with Crippen molar-refractivity contribution < 1.29 is 4.39 Å². The predicted molar refractivity (Wildman–Crippen MR) is 371 cm³/mol. The molecule has 6 N–H and O–H groups in total. The summed E-state index contributed by atoms with van der Waals surface area (Å²) >= 11 is 12.8. The highest BCUT2D eigenvalue weighted by atomic mass is 35.5. The molecule has 18 nitrogen and oxygen atoms in total. The molecule has 15 rings (SSSR count). The summed E-state index contributed by atoms with van der Waals surface area (Å²) in [5.41, 5.74) is 13.9. The molecule has 92 heavy (non-hydrogen) atoms. The topological polar surface area (TPSA) is 180 Å². The molecule has 6 aromatic heterocycles. The van der Waals surface area contributed by atoms with Crippen LogP contribution in [0.15, 0.2) is 104 Å². The van der Waals surface area contributed by atoms with Gasteiger partial charge in [0.1, 0.15) is 39.8 Å². The summed E-state index contributed by atoms with van der Waals surface area (Å²) in [4.78, 5) is 54.4. The molecule has 21 heteroatoms. The Morgan fingerprint density at radius 3 is 1.20 bits per heavy atom. The minimum absolute atomic E-state index is 0.120. The third-order valence-electron chi connectivity index (χ3n) is 20.0. The number of aromatic nitrogens is 9. The summed E-state index contributed by atoms with van der Waals surface area (Å²) in [6, 6.07) is 30.1. The number of nitrogens with zero attached hydrogens (tertiary/aromatic N) is 12. The lowest BCUT2D eigenvalue weighted by molar-refractivity contribution is 0.209. The maximum atomic E-state index is 13.5. The molecule has 0 aliphatic carbocycles. The molecule has 6 atom stereocenters. The summed E-state index contributed by atoms with van der Waals surface area (Å²) in [5, 5.41) is 12.7. The Balaban J connectivity index is 0.000000126. The first-order chi connectivity index (χ1) is 44.9. The van der Waals surface area contributed by atoms with Crippen molar-refractivity contribution in [2.45, 2.75) is 135 Å². The molecule has 12 heterocycles. The summed E-state index contributed by atoms with van der Waals surface area (Å²) in [5.74, 6) is 2.73. The van der Waals surface area contributed by atoms with Crippen molar-refractivity contribution in [3.8, 4) is 0 Å². The second-order valence-electron chi connectivity index (χ2n) is 26.1. The number of imidazole rings is 3. The summed E-state index contributed by atoms with van der Waals surface area (Å²) < 4.78 is 13.5. The van der Waals surface area contributed by atoms with Crippen LogP contribution in [0.2, 0.25) is 10.0 Å². The molecule has 0 saturated carbocycles. The average Bonchev–Trinajstić information content (AvgIpc) is 1.68. The highest BCUT2D eigenvalue weighted by Crippen LogP contribution is 2.39.